The minimum atomic E-state index is -0.548. The molecule has 1 unspecified atom stereocenters. The maximum absolute atomic E-state index is 12.5. The molecule has 1 saturated heterocycles. The Balaban J connectivity index is 1.76. The molecule has 8 nitrogen and oxygen atoms in total. The van der Waals surface area contributed by atoms with Gasteiger partial charge in [-0.2, -0.15) is 10.3 Å². The van der Waals surface area contributed by atoms with Crippen molar-refractivity contribution in [3.05, 3.63) is 16.8 Å². The number of nitrogens with two attached hydrogens (primary N) is 1. The van der Waals surface area contributed by atoms with Crippen molar-refractivity contribution in [2.24, 2.45) is 5.73 Å². The highest BCUT2D eigenvalue weighted by atomic mass is 32.2. The Hall–Kier alpha value is -1.17. The predicted octanol–water partition coefficient (Wildman–Crippen LogP) is 0.993. The Labute approximate surface area is 151 Å². The first-order valence-corrected chi connectivity index (χ1v) is 10.3. The van der Waals surface area contributed by atoms with Crippen LogP contribution in [-0.4, -0.2) is 60.5 Å². The van der Waals surface area contributed by atoms with Crippen LogP contribution in [0.5, 0.6) is 0 Å². The zero-order valence-corrected chi connectivity index (χ0v) is 15.5. The van der Waals surface area contributed by atoms with Crippen LogP contribution in [0.25, 0.3) is 0 Å². The summed E-state index contributed by atoms with van der Waals surface area (Å²) in [4.78, 5) is 26.9. The van der Waals surface area contributed by atoms with Crippen molar-refractivity contribution in [1.29, 1.82) is 0 Å². The fourth-order valence-corrected chi connectivity index (χ4v) is 5.80. The number of ether oxygens (including phenoxy) is 1. The molecule has 130 valence electrons. The number of β-lactam (4-membered cyclic amide) rings is 1. The second-order valence-corrected chi connectivity index (χ2v) is 8.91. The Kier molecular flexibility index (Phi) is 5.42. The fraction of sp³-hybridized carbons (Fsp3) is 0.538. The molecule has 1 aromatic heterocycles. The van der Waals surface area contributed by atoms with Gasteiger partial charge >= 0.3 is 5.97 Å². The summed E-state index contributed by atoms with van der Waals surface area (Å²) in [5.41, 5.74) is 6.17. The molecule has 1 fully saturated rings. The average molecular weight is 388 g/mol. The van der Waals surface area contributed by atoms with Crippen LogP contribution in [0.3, 0.4) is 0 Å². The molecule has 1 aromatic rings. The minimum absolute atomic E-state index is 0.181. The van der Waals surface area contributed by atoms with E-state index in [4.69, 9.17) is 10.5 Å². The van der Waals surface area contributed by atoms with Crippen LogP contribution in [0.1, 0.15) is 13.8 Å². The highest BCUT2D eigenvalue weighted by Crippen LogP contribution is 2.43. The Morgan fingerprint density at radius 1 is 1.58 bits per heavy atom. The molecule has 3 heterocycles. The Bertz CT molecular complexity index is 664. The van der Waals surface area contributed by atoms with Crippen molar-refractivity contribution in [3.8, 4) is 0 Å². The molecule has 0 saturated carbocycles. The lowest BCUT2D eigenvalue weighted by atomic mass is 10.1. The smallest absolute Gasteiger partial charge is 0.356 e. The molecule has 11 heteroatoms. The van der Waals surface area contributed by atoms with E-state index in [0.717, 1.165) is 9.93 Å². The van der Waals surface area contributed by atoms with E-state index in [2.05, 4.69) is 15.4 Å². The van der Waals surface area contributed by atoms with Crippen molar-refractivity contribution < 1.29 is 14.3 Å². The molecule has 0 aliphatic carbocycles. The van der Waals surface area contributed by atoms with Crippen molar-refractivity contribution in [2.75, 3.05) is 10.8 Å². The third-order valence-corrected chi connectivity index (χ3v) is 6.95. The van der Waals surface area contributed by atoms with Gasteiger partial charge in [0.15, 0.2) is 0 Å². The number of carbonyl (C=O) groups excluding carboxylic acids is 2. The Morgan fingerprint density at radius 2 is 2.38 bits per heavy atom. The van der Waals surface area contributed by atoms with Gasteiger partial charge in [-0.1, -0.05) is 11.8 Å². The van der Waals surface area contributed by atoms with Gasteiger partial charge in [0.2, 0.25) is 5.91 Å². The summed E-state index contributed by atoms with van der Waals surface area (Å²) >= 11 is 4.58. The van der Waals surface area contributed by atoms with Gasteiger partial charge in [-0.25, -0.2) is 4.79 Å². The van der Waals surface area contributed by atoms with Gasteiger partial charge in [0.25, 0.3) is 0 Å². The van der Waals surface area contributed by atoms with E-state index in [-0.39, 0.29) is 17.4 Å². The van der Waals surface area contributed by atoms with Crippen LogP contribution < -0.4 is 5.73 Å². The first kappa shape index (κ1) is 17.6. The largest absolute Gasteiger partial charge is 0.458 e. The highest BCUT2D eigenvalue weighted by molar-refractivity contribution is 8.18. The number of nitrogens with zero attached hydrogens (tertiary/aromatic N) is 3. The van der Waals surface area contributed by atoms with E-state index in [1.54, 1.807) is 31.8 Å². The maximum atomic E-state index is 12.5. The number of esters is 1. The van der Waals surface area contributed by atoms with Crippen LogP contribution in [0, 0.1) is 0 Å². The fourth-order valence-electron chi connectivity index (χ4n) is 2.28. The molecule has 2 aliphatic rings. The normalized spacial score (nSPS) is 23.3. The van der Waals surface area contributed by atoms with Crippen LogP contribution in [0.15, 0.2) is 21.8 Å². The molecule has 2 aliphatic heterocycles. The molecule has 24 heavy (non-hydrogen) atoms. The predicted molar refractivity (Wildman–Crippen MR) is 94.0 cm³/mol. The standard InChI is InChI=1S/C13H17N5O3S3/c1-6(2)21-13(20)10-7(23-5-24-8-3-15-17-16-8)4-22-12-9(14)11(19)18(10)12/h3,6,9,12H,4-5,14H2,1-2H3,(H,15,16,17)/t9?,12-/m0/s1. The van der Waals surface area contributed by atoms with E-state index in [1.807, 2.05) is 0 Å². The molecular formula is C13H17N5O3S3. The summed E-state index contributed by atoms with van der Waals surface area (Å²) in [5.74, 6) is -0.0658. The number of H-pyrrole nitrogens is 1. The zero-order valence-electron chi connectivity index (χ0n) is 13.1. The summed E-state index contributed by atoms with van der Waals surface area (Å²) in [7, 11) is 0. The average Bonchev–Trinajstić information content (AvgIpc) is 3.06. The first-order chi connectivity index (χ1) is 11.5. The topological polar surface area (TPSA) is 114 Å². The number of amides is 1. The molecular weight excluding hydrogens is 370 g/mol. The van der Waals surface area contributed by atoms with Crippen LogP contribution >= 0.6 is 35.3 Å². The summed E-state index contributed by atoms with van der Waals surface area (Å²) in [6.07, 6.45) is 1.39. The van der Waals surface area contributed by atoms with Gasteiger partial charge in [-0.3, -0.25) is 9.69 Å². The third-order valence-electron chi connectivity index (χ3n) is 3.34. The van der Waals surface area contributed by atoms with E-state index in [0.29, 0.717) is 16.5 Å². The SMILES string of the molecule is CC(C)OC(=O)C1=C(SCSc2cn[nH]n2)CS[C@H]2C(N)C(=O)N12. The van der Waals surface area contributed by atoms with Crippen molar-refractivity contribution in [1.82, 2.24) is 20.3 Å². The lowest BCUT2D eigenvalue weighted by Gasteiger charge is -2.48. The molecule has 2 atom stereocenters. The van der Waals surface area contributed by atoms with Gasteiger partial charge < -0.3 is 10.5 Å². The molecule has 0 radical (unpaired) electrons. The monoisotopic (exact) mass is 387 g/mol. The van der Waals surface area contributed by atoms with E-state index >= 15 is 0 Å². The van der Waals surface area contributed by atoms with Crippen LogP contribution in [0.4, 0.5) is 0 Å². The number of rotatable bonds is 6. The second kappa shape index (κ2) is 7.38. The molecule has 1 amide bonds. The number of aromatic amines is 1. The lowest BCUT2D eigenvalue weighted by molar-refractivity contribution is -0.152. The van der Waals surface area contributed by atoms with Crippen molar-refractivity contribution in [2.45, 2.75) is 36.4 Å². The van der Waals surface area contributed by atoms with Crippen molar-refractivity contribution in [3.63, 3.8) is 0 Å². The van der Waals surface area contributed by atoms with Gasteiger partial charge in [-0.05, 0) is 13.8 Å². The number of nitrogens with one attached hydrogen (secondary N) is 1. The van der Waals surface area contributed by atoms with Gasteiger partial charge in [-0.15, -0.1) is 28.6 Å². The molecule has 3 N–H and O–H groups in total. The number of hydrogen-bond donors (Lipinski definition) is 2. The molecule has 3 rings (SSSR count). The third kappa shape index (κ3) is 3.44. The zero-order chi connectivity index (χ0) is 17.3. The number of carbonyl (C=O) groups is 2. The number of thioether (sulfide) groups is 3. The Morgan fingerprint density at radius 3 is 3.04 bits per heavy atom. The summed E-state index contributed by atoms with van der Waals surface area (Å²) in [6, 6.07) is -0.548. The quantitative estimate of drug-likeness (QED) is 0.319. The number of aromatic nitrogens is 3. The first-order valence-electron chi connectivity index (χ1n) is 7.24. The highest BCUT2D eigenvalue weighted by Gasteiger charge is 2.52. The molecule has 0 aromatic carbocycles. The lowest BCUT2D eigenvalue weighted by Crippen LogP contribution is -2.68. The van der Waals surface area contributed by atoms with Gasteiger partial charge in [0, 0.05) is 10.7 Å². The maximum Gasteiger partial charge on any atom is 0.356 e. The molecule has 0 spiro atoms. The summed E-state index contributed by atoms with van der Waals surface area (Å²) in [6.45, 7) is 3.56. The van der Waals surface area contributed by atoms with E-state index in [1.165, 1.54) is 28.4 Å². The van der Waals surface area contributed by atoms with Crippen molar-refractivity contribution >= 4 is 47.2 Å². The van der Waals surface area contributed by atoms with Crippen LogP contribution in [0.2, 0.25) is 0 Å². The van der Waals surface area contributed by atoms with Crippen LogP contribution in [-0.2, 0) is 14.3 Å². The molecule has 0 bridgehead atoms. The minimum Gasteiger partial charge on any atom is -0.458 e. The summed E-state index contributed by atoms with van der Waals surface area (Å²) < 4.78 is 5.32. The number of hydrogen-bond acceptors (Lipinski definition) is 9. The van der Waals surface area contributed by atoms with E-state index < -0.39 is 12.0 Å². The summed E-state index contributed by atoms with van der Waals surface area (Å²) in [5, 5.41) is 11.5. The van der Waals surface area contributed by atoms with E-state index in [9.17, 15) is 9.59 Å². The second-order valence-electron chi connectivity index (χ2n) is 5.38. The van der Waals surface area contributed by atoms with Gasteiger partial charge in [0.05, 0.1) is 17.4 Å². The van der Waals surface area contributed by atoms with Gasteiger partial charge in [0.1, 0.15) is 22.1 Å². The number of fused-ring (bicyclic) bond motifs is 1.